The Morgan fingerprint density at radius 1 is 0.930 bits per heavy atom. The molecule has 43 heavy (non-hydrogen) atoms. The van der Waals surface area contributed by atoms with Gasteiger partial charge in [0.05, 0.1) is 10.2 Å². The highest BCUT2D eigenvalue weighted by atomic mass is 32.1. The van der Waals surface area contributed by atoms with Crippen LogP contribution >= 0.6 is 11.3 Å². The number of benzene rings is 2. The summed E-state index contributed by atoms with van der Waals surface area (Å²) in [7, 11) is 0. The Morgan fingerprint density at radius 3 is 2.51 bits per heavy atom. The molecule has 1 aliphatic heterocycles. The molecule has 2 aliphatic carbocycles. The van der Waals surface area contributed by atoms with E-state index in [1.165, 1.54) is 44.5 Å². The van der Waals surface area contributed by atoms with Crippen LogP contribution in [0.5, 0.6) is 0 Å². The summed E-state index contributed by atoms with van der Waals surface area (Å²) in [4.78, 5) is 19.6. The van der Waals surface area contributed by atoms with Crippen LogP contribution in [0.25, 0.3) is 27.4 Å². The predicted octanol–water partition coefficient (Wildman–Crippen LogP) is 6.19. The van der Waals surface area contributed by atoms with Crippen molar-refractivity contribution in [2.45, 2.75) is 45.6 Å². The molecule has 2 saturated carbocycles. The summed E-state index contributed by atoms with van der Waals surface area (Å²) in [6.07, 6.45) is 5.83. The Morgan fingerprint density at radius 2 is 1.77 bits per heavy atom. The SMILES string of the molecule is Cc1cccc(-c2nc(-n3nc(Nc4ccc(N5CCN(C6CC7CCC6C7)CC5)cc4)nc3N)c3scc(C)c3n2)c1. The molecule has 3 aliphatic rings. The number of anilines is 4. The number of piperazine rings is 1. The van der Waals surface area contributed by atoms with Crippen LogP contribution in [-0.4, -0.2) is 61.9 Å². The topological polar surface area (TPSA) is 101 Å². The van der Waals surface area contributed by atoms with Gasteiger partial charge < -0.3 is 16.0 Å². The third kappa shape index (κ3) is 4.92. The molecule has 2 aromatic carbocycles. The van der Waals surface area contributed by atoms with Crippen LogP contribution in [-0.2, 0) is 0 Å². The van der Waals surface area contributed by atoms with E-state index in [4.69, 9.17) is 20.8 Å². The third-order valence-corrected chi connectivity index (χ3v) is 10.7. The summed E-state index contributed by atoms with van der Waals surface area (Å²) in [5, 5.41) is 10.2. The van der Waals surface area contributed by atoms with Gasteiger partial charge in [-0.25, -0.2) is 9.97 Å². The molecule has 0 amide bonds. The number of nitrogen functional groups attached to an aromatic ring is 1. The molecule has 8 rings (SSSR count). The van der Waals surface area contributed by atoms with Gasteiger partial charge in [-0.2, -0.15) is 9.67 Å². The number of rotatable bonds is 6. The molecule has 0 spiro atoms. The minimum atomic E-state index is 0.272. The molecule has 10 heteroatoms. The van der Waals surface area contributed by atoms with Crippen LogP contribution in [0.2, 0.25) is 0 Å². The molecular weight excluding hydrogens is 554 g/mol. The molecule has 4 heterocycles. The first-order chi connectivity index (χ1) is 21.0. The van der Waals surface area contributed by atoms with E-state index in [1.807, 2.05) is 12.1 Å². The summed E-state index contributed by atoms with van der Waals surface area (Å²) < 4.78 is 2.55. The summed E-state index contributed by atoms with van der Waals surface area (Å²) in [6, 6.07) is 17.6. The van der Waals surface area contributed by atoms with E-state index < -0.39 is 0 Å². The zero-order chi connectivity index (χ0) is 29.1. The van der Waals surface area contributed by atoms with Crippen molar-refractivity contribution in [1.82, 2.24) is 29.6 Å². The van der Waals surface area contributed by atoms with Crippen molar-refractivity contribution in [3.63, 3.8) is 0 Å². The molecule has 220 valence electrons. The number of nitrogens with two attached hydrogens (primary N) is 1. The van der Waals surface area contributed by atoms with Crippen LogP contribution < -0.4 is 16.0 Å². The maximum atomic E-state index is 6.42. The quantitative estimate of drug-likeness (QED) is 0.241. The Hall–Kier alpha value is -4.02. The maximum absolute atomic E-state index is 6.42. The van der Waals surface area contributed by atoms with Crippen LogP contribution in [0.3, 0.4) is 0 Å². The van der Waals surface area contributed by atoms with Gasteiger partial charge in [-0.15, -0.1) is 16.4 Å². The van der Waals surface area contributed by atoms with Crippen molar-refractivity contribution < 1.29 is 0 Å². The first kappa shape index (κ1) is 26.6. The number of hydrogen-bond acceptors (Lipinski definition) is 9. The second-order valence-electron chi connectivity index (χ2n) is 12.5. The lowest BCUT2D eigenvalue weighted by Gasteiger charge is -2.41. The number of thiophene rings is 1. The predicted molar refractivity (Wildman–Crippen MR) is 174 cm³/mol. The van der Waals surface area contributed by atoms with Crippen molar-refractivity contribution in [2.24, 2.45) is 11.8 Å². The lowest BCUT2D eigenvalue weighted by atomic mass is 9.93. The number of hydrogen-bond donors (Lipinski definition) is 2. The Balaban J connectivity index is 0.992. The highest BCUT2D eigenvalue weighted by Crippen LogP contribution is 2.46. The number of nitrogens with one attached hydrogen (secondary N) is 1. The van der Waals surface area contributed by atoms with Crippen LogP contribution in [0, 0.1) is 25.7 Å². The molecule has 3 unspecified atom stereocenters. The second kappa shape index (κ2) is 10.6. The fourth-order valence-electron chi connectivity index (χ4n) is 7.46. The smallest absolute Gasteiger partial charge is 0.248 e. The molecule has 0 radical (unpaired) electrons. The summed E-state index contributed by atoms with van der Waals surface area (Å²) >= 11 is 1.59. The molecule has 5 aromatic rings. The van der Waals surface area contributed by atoms with Gasteiger partial charge >= 0.3 is 0 Å². The van der Waals surface area contributed by atoms with Crippen LogP contribution in [0.15, 0.2) is 53.9 Å². The van der Waals surface area contributed by atoms with Gasteiger partial charge in [0.2, 0.25) is 11.9 Å². The number of nitrogens with zero attached hydrogens (tertiary/aromatic N) is 7. The van der Waals surface area contributed by atoms with Gasteiger partial charge in [-0.05, 0) is 86.2 Å². The van der Waals surface area contributed by atoms with Crippen molar-refractivity contribution in [1.29, 1.82) is 0 Å². The van der Waals surface area contributed by atoms with Crippen molar-refractivity contribution in [3.8, 4) is 17.2 Å². The maximum Gasteiger partial charge on any atom is 0.248 e. The van der Waals surface area contributed by atoms with Gasteiger partial charge in [0.15, 0.2) is 11.6 Å². The van der Waals surface area contributed by atoms with E-state index in [9.17, 15) is 0 Å². The highest BCUT2D eigenvalue weighted by molar-refractivity contribution is 7.17. The summed E-state index contributed by atoms with van der Waals surface area (Å²) in [6.45, 7) is 8.64. The van der Waals surface area contributed by atoms with Gasteiger partial charge in [0.1, 0.15) is 0 Å². The van der Waals surface area contributed by atoms with E-state index in [2.05, 4.69) is 75.7 Å². The van der Waals surface area contributed by atoms with Crippen molar-refractivity contribution in [3.05, 3.63) is 65.0 Å². The highest BCUT2D eigenvalue weighted by Gasteiger charge is 2.42. The average molecular weight is 592 g/mol. The normalized spacial score (nSPS) is 22.1. The molecule has 2 bridgehead atoms. The van der Waals surface area contributed by atoms with Crippen molar-refractivity contribution in [2.75, 3.05) is 42.1 Å². The molecular formula is C33H37N9S. The molecule has 3 atom stereocenters. The summed E-state index contributed by atoms with van der Waals surface area (Å²) in [5.41, 5.74) is 12.7. The minimum absolute atomic E-state index is 0.272. The van der Waals surface area contributed by atoms with E-state index in [0.717, 1.165) is 63.6 Å². The monoisotopic (exact) mass is 591 g/mol. The van der Waals surface area contributed by atoms with Gasteiger partial charge in [-0.1, -0.05) is 30.2 Å². The fraction of sp³-hybridized carbons (Fsp3) is 0.394. The van der Waals surface area contributed by atoms with Crippen LogP contribution in [0.1, 0.15) is 36.8 Å². The number of fused-ring (bicyclic) bond motifs is 3. The van der Waals surface area contributed by atoms with Crippen LogP contribution in [0.4, 0.5) is 23.3 Å². The summed E-state index contributed by atoms with van der Waals surface area (Å²) in [5.74, 6) is 3.94. The van der Waals surface area contributed by atoms with Gasteiger partial charge in [0.25, 0.3) is 0 Å². The zero-order valence-electron chi connectivity index (χ0n) is 24.7. The van der Waals surface area contributed by atoms with E-state index in [-0.39, 0.29) is 5.95 Å². The zero-order valence-corrected chi connectivity index (χ0v) is 25.5. The van der Waals surface area contributed by atoms with Gasteiger partial charge in [0, 0.05) is 49.2 Å². The van der Waals surface area contributed by atoms with E-state index >= 15 is 0 Å². The van der Waals surface area contributed by atoms with E-state index in [0.29, 0.717) is 17.6 Å². The molecule has 3 fully saturated rings. The Labute approximate surface area is 255 Å². The molecule has 3 aromatic heterocycles. The Kier molecular flexibility index (Phi) is 6.56. The minimum Gasteiger partial charge on any atom is -0.369 e. The van der Waals surface area contributed by atoms with Gasteiger partial charge in [-0.3, -0.25) is 4.90 Å². The first-order valence-corrected chi connectivity index (χ1v) is 16.3. The second-order valence-corrected chi connectivity index (χ2v) is 13.4. The Bertz CT molecular complexity index is 1780. The first-order valence-electron chi connectivity index (χ1n) is 15.4. The number of aryl methyl sites for hydroxylation is 2. The standard InChI is InChI=1S/C33H37N9S/c1-20-4-3-5-24(16-20)30-36-28-21(2)19-43-29(28)31(37-30)42-32(34)38-33(39-42)35-25-8-10-26(11-9-25)40-12-14-41(15-13-40)27-18-22-6-7-23(27)17-22/h3-5,8-11,16,19,22-23,27H,6-7,12-15,17-18H2,1-2H3,(H3,34,35,38,39). The van der Waals surface area contributed by atoms with E-state index in [1.54, 1.807) is 16.0 Å². The molecule has 1 saturated heterocycles. The lowest BCUT2D eigenvalue weighted by molar-refractivity contribution is 0.135. The number of aromatic nitrogens is 5. The fourth-order valence-corrected chi connectivity index (χ4v) is 8.42. The average Bonchev–Trinajstić information content (AvgIpc) is 3.82. The van der Waals surface area contributed by atoms with Crippen molar-refractivity contribution >= 4 is 44.8 Å². The lowest BCUT2D eigenvalue weighted by Crippen LogP contribution is -2.51. The largest absolute Gasteiger partial charge is 0.369 e. The molecule has 9 nitrogen and oxygen atoms in total. The third-order valence-electron chi connectivity index (χ3n) is 9.66. The molecule has 3 N–H and O–H groups in total.